The maximum Gasteiger partial charge on any atom is 0.333 e. The summed E-state index contributed by atoms with van der Waals surface area (Å²) in [6.45, 7) is 5.10. The molecule has 0 saturated carbocycles. The van der Waals surface area contributed by atoms with Crippen molar-refractivity contribution >= 4 is 5.97 Å². The van der Waals surface area contributed by atoms with Crippen LogP contribution in [0.25, 0.3) is 0 Å². The van der Waals surface area contributed by atoms with Crippen molar-refractivity contribution in [2.24, 2.45) is 0 Å². The maximum atomic E-state index is 11.3. The number of ether oxygens (including phenoxy) is 3. The summed E-state index contributed by atoms with van der Waals surface area (Å²) < 4.78 is 15.7. The molecule has 0 saturated heterocycles. The molecule has 0 radical (unpaired) electrons. The summed E-state index contributed by atoms with van der Waals surface area (Å²) >= 11 is 0. The Labute approximate surface area is 114 Å². The lowest BCUT2D eigenvalue weighted by Gasteiger charge is -2.07. The van der Waals surface area contributed by atoms with Gasteiger partial charge in [0.1, 0.15) is 19.0 Å². The van der Waals surface area contributed by atoms with Crippen LogP contribution < -0.4 is 4.74 Å². The number of para-hydroxylation sites is 1. The van der Waals surface area contributed by atoms with E-state index in [9.17, 15) is 4.79 Å². The van der Waals surface area contributed by atoms with E-state index in [0.29, 0.717) is 25.4 Å². The molecule has 19 heavy (non-hydrogen) atoms. The zero-order chi connectivity index (χ0) is 13.9. The van der Waals surface area contributed by atoms with Crippen LogP contribution in [0.5, 0.6) is 5.75 Å². The summed E-state index contributed by atoms with van der Waals surface area (Å²) in [5.41, 5.74) is 0.604. The number of hydrogen-bond acceptors (Lipinski definition) is 4. The lowest BCUT2D eigenvalue weighted by Crippen LogP contribution is -2.14. The molecule has 0 amide bonds. The van der Waals surface area contributed by atoms with Crippen molar-refractivity contribution in [3.8, 4) is 5.75 Å². The van der Waals surface area contributed by atoms with E-state index in [1.54, 1.807) is 19.9 Å². The second kappa shape index (κ2) is 9.16. The van der Waals surface area contributed by atoms with E-state index >= 15 is 0 Å². The van der Waals surface area contributed by atoms with Gasteiger partial charge >= 0.3 is 5.97 Å². The van der Waals surface area contributed by atoms with Gasteiger partial charge in [-0.1, -0.05) is 24.3 Å². The summed E-state index contributed by atoms with van der Waals surface area (Å²) in [6.07, 6.45) is 1.72. The van der Waals surface area contributed by atoms with Gasteiger partial charge in [0.25, 0.3) is 0 Å². The molecule has 1 aromatic carbocycles. The molecule has 0 atom stereocenters. The Morgan fingerprint density at radius 3 is 2.47 bits per heavy atom. The molecule has 4 heteroatoms. The number of hydrogen-bond donors (Lipinski definition) is 0. The number of rotatable bonds is 8. The normalized spacial score (nSPS) is 11.2. The Morgan fingerprint density at radius 1 is 1.11 bits per heavy atom. The van der Waals surface area contributed by atoms with Crippen LogP contribution in [0.3, 0.4) is 0 Å². The molecule has 0 aliphatic rings. The highest BCUT2D eigenvalue weighted by atomic mass is 16.6. The van der Waals surface area contributed by atoms with Crippen molar-refractivity contribution in [2.45, 2.75) is 13.8 Å². The van der Waals surface area contributed by atoms with E-state index < -0.39 is 0 Å². The predicted octanol–water partition coefficient (Wildman–Crippen LogP) is 2.59. The molecular formula is C15H20O4. The van der Waals surface area contributed by atoms with Gasteiger partial charge in [0.15, 0.2) is 0 Å². The summed E-state index contributed by atoms with van der Waals surface area (Å²) in [6, 6.07) is 9.55. The first-order chi connectivity index (χ1) is 9.24. The highest BCUT2D eigenvalue weighted by molar-refractivity contribution is 5.87. The molecule has 1 rings (SSSR count). The van der Waals surface area contributed by atoms with E-state index in [1.165, 1.54) is 0 Å². The molecule has 0 unspecified atom stereocenters. The van der Waals surface area contributed by atoms with Crippen molar-refractivity contribution in [2.75, 3.05) is 26.4 Å². The first-order valence-corrected chi connectivity index (χ1v) is 6.29. The van der Waals surface area contributed by atoms with Gasteiger partial charge in [-0.2, -0.15) is 0 Å². The number of carbonyl (C=O) groups is 1. The molecule has 0 aromatic heterocycles. The number of esters is 1. The third kappa shape index (κ3) is 6.62. The lowest BCUT2D eigenvalue weighted by molar-refractivity contribution is -0.140. The molecule has 1 aromatic rings. The van der Waals surface area contributed by atoms with Crippen LogP contribution in [0, 0.1) is 0 Å². The quantitative estimate of drug-likeness (QED) is 0.411. The number of allylic oxidation sites excluding steroid dienone is 1. The van der Waals surface area contributed by atoms with Gasteiger partial charge in [-0.05, 0) is 26.0 Å². The highest BCUT2D eigenvalue weighted by Gasteiger charge is 2.03. The van der Waals surface area contributed by atoms with Crippen molar-refractivity contribution < 1.29 is 19.0 Å². The second-order valence-electron chi connectivity index (χ2n) is 3.88. The number of carbonyl (C=O) groups excluding carboxylic acids is 1. The Kier molecular flexibility index (Phi) is 7.35. The average molecular weight is 264 g/mol. The minimum Gasteiger partial charge on any atom is -0.491 e. The van der Waals surface area contributed by atoms with Gasteiger partial charge in [0.05, 0.1) is 13.2 Å². The van der Waals surface area contributed by atoms with E-state index in [4.69, 9.17) is 14.2 Å². The highest BCUT2D eigenvalue weighted by Crippen LogP contribution is 2.07. The van der Waals surface area contributed by atoms with E-state index in [0.717, 1.165) is 5.75 Å². The minimum atomic E-state index is -0.299. The first kappa shape index (κ1) is 15.2. The molecule has 0 fully saturated rings. The summed E-state index contributed by atoms with van der Waals surface area (Å²) in [7, 11) is 0. The third-order valence-electron chi connectivity index (χ3n) is 2.46. The largest absolute Gasteiger partial charge is 0.491 e. The van der Waals surface area contributed by atoms with Gasteiger partial charge in [-0.3, -0.25) is 0 Å². The zero-order valence-corrected chi connectivity index (χ0v) is 11.4. The van der Waals surface area contributed by atoms with Crippen molar-refractivity contribution in [3.05, 3.63) is 42.0 Å². The van der Waals surface area contributed by atoms with Gasteiger partial charge in [0.2, 0.25) is 0 Å². The molecule has 0 aliphatic heterocycles. The third-order valence-corrected chi connectivity index (χ3v) is 2.46. The minimum absolute atomic E-state index is 0.259. The van der Waals surface area contributed by atoms with Crippen molar-refractivity contribution in [3.63, 3.8) is 0 Å². The van der Waals surface area contributed by atoms with Crippen LogP contribution >= 0.6 is 0 Å². The Bertz CT molecular complexity index is 398. The Balaban J connectivity index is 1.99. The topological polar surface area (TPSA) is 44.8 Å². The molecule has 0 bridgehead atoms. The van der Waals surface area contributed by atoms with Crippen LogP contribution in [0.2, 0.25) is 0 Å². The monoisotopic (exact) mass is 264 g/mol. The van der Waals surface area contributed by atoms with Crippen molar-refractivity contribution in [1.82, 2.24) is 0 Å². The maximum absolute atomic E-state index is 11.3. The molecule has 0 N–H and O–H groups in total. The fourth-order valence-corrected chi connectivity index (χ4v) is 1.26. The lowest BCUT2D eigenvalue weighted by atomic mass is 10.3. The van der Waals surface area contributed by atoms with Gasteiger partial charge in [-0.15, -0.1) is 0 Å². The SMILES string of the molecule is CC=C(C)C(=O)OCCOCCOc1ccccc1. The van der Waals surface area contributed by atoms with Crippen LogP contribution in [-0.2, 0) is 14.3 Å². The molecule has 0 heterocycles. The van der Waals surface area contributed by atoms with Crippen LogP contribution in [0.4, 0.5) is 0 Å². The van der Waals surface area contributed by atoms with Crippen molar-refractivity contribution in [1.29, 1.82) is 0 Å². The molecular weight excluding hydrogens is 244 g/mol. The van der Waals surface area contributed by atoms with E-state index in [1.807, 2.05) is 30.3 Å². The van der Waals surface area contributed by atoms with Crippen LogP contribution in [0.15, 0.2) is 42.0 Å². The fraction of sp³-hybridized carbons (Fsp3) is 0.400. The Hall–Kier alpha value is -1.81. The number of benzene rings is 1. The average Bonchev–Trinajstić information content (AvgIpc) is 2.46. The zero-order valence-electron chi connectivity index (χ0n) is 11.4. The fourth-order valence-electron chi connectivity index (χ4n) is 1.26. The summed E-state index contributed by atoms with van der Waals surface area (Å²) in [5, 5.41) is 0. The van der Waals surface area contributed by atoms with Gasteiger partial charge in [0, 0.05) is 5.57 Å². The van der Waals surface area contributed by atoms with Crippen LogP contribution in [0.1, 0.15) is 13.8 Å². The van der Waals surface area contributed by atoms with Gasteiger partial charge in [-0.25, -0.2) is 4.79 Å². The van der Waals surface area contributed by atoms with Gasteiger partial charge < -0.3 is 14.2 Å². The Morgan fingerprint density at radius 2 is 1.79 bits per heavy atom. The standard InChI is InChI=1S/C15H20O4/c1-3-13(2)15(16)19-12-10-17-9-11-18-14-7-5-4-6-8-14/h3-8H,9-12H2,1-2H3. The smallest absolute Gasteiger partial charge is 0.333 e. The van der Waals surface area contributed by atoms with E-state index in [2.05, 4.69) is 0 Å². The molecule has 104 valence electrons. The summed E-state index contributed by atoms with van der Waals surface area (Å²) in [5.74, 6) is 0.521. The first-order valence-electron chi connectivity index (χ1n) is 6.29. The predicted molar refractivity (Wildman–Crippen MR) is 73.1 cm³/mol. The molecule has 4 nitrogen and oxygen atoms in total. The van der Waals surface area contributed by atoms with E-state index in [-0.39, 0.29) is 12.6 Å². The van der Waals surface area contributed by atoms with Crippen LogP contribution in [-0.4, -0.2) is 32.4 Å². The summed E-state index contributed by atoms with van der Waals surface area (Å²) in [4.78, 5) is 11.3. The molecule has 0 spiro atoms. The second-order valence-corrected chi connectivity index (χ2v) is 3.88. The molecule has 0 aliphatic carbocycles.